The summed E-state index contributed by atoms with van der Waals surface area (Å²) >= 11 is 0. The Balaban J connectivity index is 1.88. The molecule has 0 amide bonds. The highest BCUT2D eigenvalue weighted by molar-refractivity contribution is 4.89. The van der Waals surface area contributed by atoms with Gasteiger partial charge in [-0.2, -0.15) is 0 Å². The fourth-order valence-corrected chi connectivity index (χ4v) is 3.27. The number of rotatable bonds is 4. The number of nitrogens with zero attached hydrogens (tertiary/aromatic N) is 2. The Bertz CT molecular complexity index is 226. The van der Waals surface area contributed by atoms with Gasteiger partial charge in [0.2, 0.25) is 0 Å². The summed E-state index contributed by atoms with van der Waals surface area (Å²) in [4.78, 5) is 5.40. The van der Waals surface area contributed by atoms with Crippen molar-refractivity contribution in [2.24, 2.45) is 0 Å². The Morgan fingerprint density at radius 2 is 1.94 bits per heavy atom. The minimum absolute atomic E-state index is 0.717. The Hall–Kier alpha value is -0.120. The van der Waals surface area contributed by atoms with Gasteiger partial charge in [-0.15, -0.1) is 0 Å². The summed E-state index contributed by atoms with van der Waals surface area (Å²) in [6.45, 7) is 13.2. The van der Waals surface area contributed by atoms with Gasteiger partial charge < -0.3 is 10.2 Å². The molecule has 1 unspecified atom stereocenters. The molecule has 0 bridgehead atoms. The van der Waals surface area contributed by atoms with E-state index in [1.54, 1.807) is 0 Å². The first-order valence-electron chi connectivity index (χ1n) is 7.43. The van der Waals surface area contributed by atoms with E-state index in [1.165, 1.54) is 52.0 Å². The second-order valence-electron chi connectivity index (χ2n) is 5.86. The topological polar surface area (TPSA) is 18.5 Å². The van der Waals surface area contributed by atoms with Crippen LogP contribution < -0.4 is 5.32 Å². The Kier molecular flexibility index (Phi) is 4.83. The van der Waals surface area contributed by atoms with Crippen LogP contribution in [0.15, 0.2) is 0 Å². The molecule has 100 valence electrons. The average molecular weight is 239 g/mol. The summed E-state index contributed by atoms with van der Waals surface area (Å²) in [5, 5.41) is 3.41. The van der Waals surface area contributed by atoms with Crippen LogP contribution in [-0.4, -0.2) is 60.6 Å². The van der Waals surface area contributed by atoms with Crippen molar-refractivity contribution in [1.29, 1.82) is 0 Å². The van der Waals surface area contributed by atoms with Crippen LogP contribution >= 0.6 is 0 Å². The molecule has 2 saturated heterocycles. The van der Waals surface area contributed by atoms with E-state index in [9.17, 15) is 0 Å². The molecule has 2 aliphatic rings. The number of likely N-dealkylation sites (N-methyl/N-ethyl adjacent to an activating group) is 1. The molecule has 0 aliphatic carbocycles. The lowest BCUT2D eigenvalue weighted by molar-refractivity contribution is 0.0908. The van der Waals surface area contributed by atoms with E-state index in [-0.39, 0.29) is 0 Å². The minimum Gasteiger partial charge on any atom is -0.314 e. The Morgan fingerprint density at radius 1 is 1.18 bits per heavy atom. The third-order valence-corrected chi connectivity index (χ3v) is 4.53. The molecule has 2 aliphatic heterocycles. The molecule has 3 heteroatoms. The van der Waals surface area contributed by atoms with Crippen molar-refractivity contribution in [3.05, 3.63) is 0 Å². The molecule has 0 aromatic rings. The van der Waals surface area contributed by atoms with Crippen LogP contribution in [0.5, 0.6) is 0 Å². The number of likely N-dealkylation sites (tertiary alicyclic amines) is 1. The third-order valence-electron chi connectivity index (χ3n) is 4.53. The largest absolute Gasteiger partial charge is 0.314 e. The minimum atomic E-state index is 0.717. The van der Waals surface area contributed by atoms with Gasteiger partial charge in [0, 0.05) is 31.2 Å². The summed E-state index contributed by atoms with van der Waals surface area (Å²) < 4.78 is 0. The molecule has 0 aromatic carbocycles. The number of nitrogens with one attached hydrogen (secondary N) is 1. The highest BCUT2D eigenvalue weighted by Crippen LogP contribution is 2.21. The molecule has 0 spiro atoms. The summed E-state index contributed by atoms with van der Waals surface area (Å²) in [5.74, 6) is 0. The van der Waals surface area contributed by atoms with Crippen molar-refractivity contribution in [1.82, 2.24) is 15.1 Å². The second kappa shape index (κ2) is 6.17. The van der Waals surface area contributed by atoms with Crippen molar-refractivity contribution in [2.75, 3.05) is 32.7 Å². The van der Waals surface area contributed by atoms with Crippen LogP contribution in [0.3, 0.4) is 0 Å². The van der Waals surface area contributed by atoms with Crippen molar-refractivity contribution in [3.63, 3.8) is 0 Å². The van der Waals surface area contributed by atoms with Crippen molar-refractivity contribution in [3.8, 4) is 0 Å². The van der Waals surface area contributed by atoms with E-state index >= 15 is 0 Å². The maximum Gasteiger partial charge on any atom is 0.0348 e. The fourth-order valence-electron chi connectivity index (χ4n) is 3.27. The first-order chi connectivity index (χ1) is 8.22. The van der Waals surface area contributed by atoms with E-state index in [4.69, 9.17) is 0 Å². The van der Waals surface area contributed by atoms with Crippen LogP contribution in [0.4, 0.5) is 0 Å². The van der Waals surface area contributed by atoms with Crippen molar-refractivity contribution >= 4 is 0 Å². The van der Waals surface area contributed by atoms with Gasteiger partial charge in [0.1, 0.15) is 0 Å². The first kappa shape index (κ1) is 13.3. The molecule has 2 heterocycles. The zero-order chi connectivity index (χ0) is 12.3. The van der Waals surface area contributed by atoms with E-state index in [1.807, 2.05) is 0 Å². The van der Waals surface area contributed by atoms with Gasteiger partial charge in [0.25, 0.3) is 0 Å². The maximum absolute atomic E-state index is 3.41. The van der Waals surface area contributed by atoms with E-state index in [2.05, 4.69) is 35.9 Å². The molecule has 2 fully saturated rings. The quantitative estimate of drug-likeness (QED) is 0.803. The fraction of sp³-hybridized carbons (Fsp3) is 1.00. The number of hydrogen-bond acceptors (Lipinski definition) is 3. The lowest BCUT2D eigenvalue weighted by Crippen LogP contribution is -2.59. The van der Waals surface area contributed by atoms with E-state index < -0.39 is 0 Å². The predicted molar refractivity (Wildman–Crippen MR) is 73.4 cm³/mol. The highest BCUT2D eigenvalue weighted by Gasteiger charge is 2.30. The Morgan fingerprint density at radius 3 is 2.47 bits per heavy atom. The lowest BCUT2D eigenvalue weighted by Gasteiger charge is -2.42. The number of hydrogen-bond donors (Lipinski definition) is 1. The molecule has 2 rings (SSSR count). The first-order valence-corrected chi connectivity index (χ1v) is 7.43. The monoisotopic (exact) mass is 239 g/mol. The maximum atomic E-state index is 3.41. The molecule has 0 radical (unpaired) electrons. The molecule has 17 heavy (non-hydrogen) atoms. The normalized spacial score (nSPS) is 28.4. The SMILES string of the molecule is CCN(C1CCCN(C(C)C)CC1)C1CNC1. The molecule has 0 saturated carbocycles. The summed E-state index contributed by atoms with van der Waals surface area (Å²) in [5.41, 5.74) is 0. The van der Waals surface area contributed by atoms with Gasteiger partial charge in [-0.25, -0.2) is 0 Å². The average Bonchev–Trinajstić information content (AvgIpc) is 2.48. The molecular weight excluding hydrogens is 210 g/mol. The lowest BCUT2D eigenvalue weighted by atomic mass is 10.0. The van der Waals surface area contributed by atoms with Gasteiger partial charge in [-0.3, -0.25) is 4.90 Å². The third kappa shape index (κ3) is 3.21. The summed E-state index contributed by atoms with van der Waals surface area (Å²) in [7, 11) is 0. The highest BCUT2D eigenvalue weighted by atomic mass is 15.3. The van der Waals surface area contributed by atoms with Gasteiger partial charge in [0.05, 0.1) is 0 Å². The zero-order valence-corrected chi connectivity index (χ0v) is 11.8. The van der Waals surface area contributed by atoms with Gasteiger partial charge in [-0.05, 0) is 52.7 Å². The van der Waals surface area contributed by atoms with E-state index in [0.717, 1.165) is 12.1 Å². The van der Waals surface area contributed by atoms with Crippen LogP contribution in [0, 0.1) is 0 Å². The molecular formula is C14H29N3. The second-order valence-corrected chi connectivity index (χ2v) is 5.86. The predicted octanol–water partition coefficient (Wildman–Crippen LogP) is 1.54. The Labute approximate surface area is 107 Å². The van der Waals surface area contributed by atoms with Gasteiger partial charge in [0.15, 0.2) is 0 Å². The van der Waals surface area contributed by atoms with Crippen LogP contribution in [0.1, 0.15) is 40.0 Å². The van der Waals surface area contributed by atoms with Crippen LogP contribution in [0.2, 0.25) is 0 Å². The van der Waals surface area contributed by atoms with Crippen LogP contribution in [0.25, 0.3) is 0 Å². The van der Waals surface area contributed by atoms with Crippen molar-refractivity contribution in [2.45, 2.75) is 58.2 Å². The zero-order valence-electron chi connectivity index (χ0n) is 11.8. The van der Waals surface area contributed by atoms with Crippen molar-refractivity contribution < 1.29 is 0 Å². The molecule has 1 N–H and O–H groups in total. The van der Waals surface area contributed by atoms with Gasteiger partial charge >= 0.3 is 0 Å². The summed E-state index contributed by atoms with van der Waals surface area (Å²) in [6.07, 6.45) is 4.13. The van der Waals surface area contributed by atoms with E-state index in [0.29, 0.717) is 6.04 Å². The van der Waals surface area contributed by atoms with Gasteiger partial charge in [-0.1, -0.05) is 6.92 Å². The molecule has 3 nitrogen and oxygen atoms in total. The standard InChI is InChI=1S/C14H29N3/c1-4-17(14-10-15-11-14)13-6-5-8-16(9-7-13)12(2)3/h12-15H,4-11H2,1-3H3. The summed E-state index contributed by atoms with van der Waals surface area (Å²) in [6, 6.07) is 2.36. The molecule has 1 atom stereocenters. The van der Waals surface area contributed by atoms with Crippen LogP contribution in [-0.2, 0) is 0 Å². The molecule has 0 aromatic heterocycles. The smallest absolute Gasteiger partial charge is 0.0348 e.